The molecule has 0 bridgehead atoms. The Bertz CT molecular complexity index is 1110. The molecule has 2 aliphatic rings. The molecule has 0 spiro atoms. The van der Waals surface area contributed by atoms with Crippen molar-refractivity contribution in [3.05, 3.63) is 58.1 Å². The lowest BCUT2D eigenvalue weighted by Gasteiger charge is -2.20. The maximum absolute atomic E-state index is 14.1. The molecule has 2 atom stereocenters. The largest absolute Gasteiger partial charge is 0.323 e. The van der Waals surface area contributed by atoms with Crippen LogP contribution in [0.1, 0.15) is 0 Å². The summed E-state index contributed by atoms with van der Waals surface area (Å²) in [6, 6.07) is 4.50. The van der Waals surface area contributed by atoms with Crippen molar-refractivity contribution in [2.45, 2.75) is 12.1 Å². The van der Waals surface area contributed by atoms with Crippen LogP contribution in [-0.2, 0) is 14.4 Å². The van der Waals surface area contributed by atoms with Crippen LogP contribution < -0.4 is 10.2 Å². The first-order valence-electron chi connectivity index (χ1n) is 8.51. The van der Waals surface area contributed by atoms with Crippen LogP contribution in [0.25, 0.3) is 0 Å². The van der Waals surface area contributed by atoms with E-state index in [0.29, 0.717) is 21.7 Å². The molecule has 2 aromatic rings. The van der Waals surface area contributed by atoms with Crippen molar-refractivity contribution in [1.82, 2.24) is 5.01 Å². The lowest BCUT2D eigenvalue weighted by atomic mass is 10.1. The van der Waals surface area contributed by atoms with Crippen molar-refractivity contribution in [3.8, 4) is 0 Å². The van der Waals surface area contributed by atoms with Crippen LogP contribution in [0.15, 0.2) is 46.7 Å². The Hall–Kier alpha value is -3.11. The first-order chi connectivity index (χ1) is 14.3. The molecule has 0 aliphatic carbocycles. The molecule has 1 N–H and O–H groups in total. The number of rotatable bonds is 4. The van der Waals surface area contributed by atoms with Gasteiger partial charge in [-0.15, -0.1) is 0 Å². The summed E-state index contributed by atoms with van der Waals surface area (Å²) >= 11 is 11.8. The molecule has 2 aliphatic heterocycles. The summed E-state index contributed by atoms with van der Waals surface area (Å²) in [6.45, 7) is -0.414. The fourth-order valence-electron chi connectivity index (χ4n) is 3.18. The van der Waals surface area contributed by atoms with Gasteiger partial charge in [-0.25, -0.2) is 13.7 Å². The summed E-state index contributed by atoms with van der Waals surface area (Å²) in [6.07, 6.45) is 0. The van der Waals surface area contributed by atoms with Gasteiger partial charge in [0, 0.05) is 11.1 Å². The van der Waals surface area contributed by atoms with Gasteiger partial charge in [-0.05, 0) is 30.3 Å². The van der Waals surface area contributed by atoms with Crippen molar-refractivity contribution >= 4 is 52.3 Å². The summed E-state index contributed by atoms with van der Waals surface area (Å²) in [4.78, 5) is 38.3. The first kappa shape index (κ1) is 20.2. The van der Waals surface area contributed by atoms with Gasteiger partial charge in [-0.3, -0.25) is 19.4 Å². The fourth-order valence-corrected chi connectivity index (χ4v) is 3.64. The van der Waals surface area contributed by atoms with Gasteiger partial charge < -0.3 is 5.32 Å². The Morgan fingerprint density at radius 3 is 2.57 bits per heavy atom. The van der Waals surface area contributed by atoms with Crippen molar-refractivity contribution < 1.29 is 23.2 Å². The summed E-state index contributed by atoms with van der Waals surface area (Å²) < 4.78 is 27.3. The van der Waals surface area contributed by atoms with Gasteiger partial charge in [0.15, 0.2) is 12.1 Å². The Kier molecular flexibility index (Phi) is 5.12. The highest BCUT2D eigenvalue weighted by Gasteiger charge is 2.55. The number of nitrogens with zero attached hydrogens (tertiary/aromatic N) is 4. The lowest BCUT2D eigenvalue weighted by Crippen LogP contribution is -2.43. The molecule has 154 valence electrons. The third-order valence-electron chi connectivity index (χ3n) is 4.52. The zero-order valence-electron chi connectivity index (χ0n) is 14.9. The van der Waals surface area contributed by atoms with Gasteiger partial charge in [0.25, 0.3) is 11.8 Å². The minimum absolute atomic E-state index is 0.210. The minimum atomic E-state index is -1.23. The molecule has 30 heavy (non-hydrogen) atoms. The molecule has 3 amide bonds. The second-order valence-corrected chi connectivity index (χ2v) is 7.32. The molecule has 0 aromatic heterocycles. The van der Waals surface area contributed by atoms with E-state index in [2.05, 4.69) is 15.7 Å². The summed E-state index contributed by atoms with van der Waals surface area (Å²) in [5, 5.41) is 11.6. The van der Waals surface area contributed by atoms with Crippen LogP contribution in [0.5, 0.6) is 0 Å². The monoisotopic (exact) mass is 453 g/mol. The number of amides is 3. The normalized spacial score (nSPS) is 20.1. The van der Waals surface area contributed by atoms with E-state index in [9.17, 15) is 23.2 Å². The van der Waals surface area contributed by atoms with Crippen molar-refractivity contribution in [3.63, 3.8) is 0 Å². The number of fused-ring (bicyclic) bond motifs is 1. The standard InChI is InChI=1S/C18H11Cl2F2N5O3/c19-8-1-3-12(10(20)5-8)23-14(28)7-26-16-15(24-25-26)17(29)27(18(16)30)13-4-2-9(21)6-11(13)22/h1-6,15-16H,7H2,(H,23,28)/t15-,16+/m1/s1. The number of carbonyl (C=O) groups excluding carboxylic acids is 3. The van der Waals surface area contributed by atoms with Crippen molar-refractivity contribution in [1.29, 1.82) is 0 Å². The quantitative estimate of drug-likeness (QED) is 0.719. The van der Waals surface area contributed by atoms with Crippen LogP contribution in [0.3, 0.4) is 0 Å². The number of hydrogen-bond acceptors (Lipinski definition) is 6. The van der Waals surface area contributed by atoms with Crippen molar-refractivity contribution in [2.24, 2.45) is 10.3 Å². The van der Waals surface area contributed by atoms with E-state index < -0.39 is 53.7 Å². The third-order valence-corrected chi connectivity index (χ3v) is 5.07. The van der Waals surface area contributed by atoms with E-state index in [1.165, 1.54) is 18.2 Å². The number of nitrogens with one attached hydrogen (secondary N) is 1. The molecule has 2 aromatic carbocycles. The van der Waals surface area contributed by atoms with E-state index in [1.807, 2.05) is 0 Å². The molecule has 1 fully saturated rings. The van der Waals surface area contributed by atoms with Crippen LogP contribution in [0.4, 0.5) is 20.2 Å². The van der Waals surface area contributed by atoms with E-state index in [0.717, 1.165) is 17.1 Å². The van der Waals surface area contributed by atoms with E-state index >= 15 is 0 Å². The highest BCUT2D eigenvalue weighted by molar-refractivity contribution is 6.36. The zero-order valence-corrected chi connectivity index (χ0v) is 16.4. The van der Waals surface area contributed by atoms with Gasteiger partial charge in [-0.1, -0.05) is 28.4 Å². The maximum atomic E-state index is 14.1. The number of carbonyl (C=O) groups is 3. The molecule has 8 nitrogen and oxygen atoms in total. The average molecular weight is 454 g/mol. The highest BCUT2D eigenvalue weighted by Crippen LogP contribution is 2.33. The van der Waals surface area contributed by atoms with Crippen molar-refractivity contribution in [2.75, 3.05) is 16.8 Å². The molecule has 4 rings (SSSR count). The average Bonchev–Trinajstić information content (AvgIpc) is 3.19. The number of halogens is 4. The highest BCUT2D eigenvalue weighted by atomic mass is 35.5. The number of benzene rings is 2. The third kappa shape index (κ3) is 3.48. The predicted octanol–water partition coefficient (Wildman–Crippen LogP) is 3.20. The van der Waals surface area contributed by atoms with Crippen LogP contribution in [-0.4, -0.2) is 41.4 Å². The number of hydrogen-bond donors (Lipinski definition) is 1. The Labute approximate surface area is 178 Å². The molecule has 12 heteroatoms. The van der Waals surface area contributed by atoms with E-state index in [1.54, 1.807) is 0 Å². The molecule has 0 saturated carbocycles. The van der Waals surface area contributed by atoms with Crippen LogP contribution in [0.2, 0.25) is 10.0 Å². The molecular formula is C18H11Cl2F2N5O3. The van der Waals surface area contributed by atoms with Gasteiger partial charge in [0.1, 0.15) is 18.2 Å². The number of anilines is 2. The summed E-state index contributed by atoms with van der Waals surface area (Å²) in [5.74, 6) is -4.14. The van der Waals surface area contributed by atoms with Crippen LogP contribution >= 0.6 is 23.2 Å². The number of imide groups is 1. The van der Waals surface area contributed by atoms with E-state index in [-0.39, 0.29) is 5.02 Å². The SMILES string of the molecule is O=C(CN1N=N[C@H]2C(=O)N(c3ccc(F)cc3F)C(=O)[C@H]21)Nc1ccc(Cl)cc1Cl. The summed E-state index contributed by atoms with van der Waals surface area (Å²) in [7, 11) is 0. The zero-order chi connectivity index (χ0) is 21.6. The minimum Gasteiger partial charge on any atom is -0.323 e. The van der Waals surface area contributed by atoms with Crippen LogP contribution in [0, 0.1) is 11.6 Å². The van der Waals surface area contributed by atoms with Gasteiger partial charge in [0.2, 0.25) is 5.91 Å². The van der Waals surface area contributed by atoms with E-state index in [4.69, 9.17) is 23.2 Å². The Morgan fingerprint density at radius 2 is 1.87 bits per heavy atom. The molecule has 0 radical (unpaired) electrons. The van der Waals surface area contributed by atoms with Gasteiger partial charge in [0.05, 0.1) is 16.4 Å². The topological polar surface area (TPSA) is 94.4 Å². The Balaban J connectivity index is 1.51. The molecule has 0 unspecified atom stereocenters. The molecule has 2 heterocycles. The van der Waals surface area contributed by atoms with Gasteiger partial charge >= 0.3 is 0 Å². The lowest BCUT2D eigenvalue weighted by molar-refractivity contribution is -0.123. The second kappa shape index (κ2) is 7.62. The predicted molar refractivity (Wildman–Crippen MR) is 103 cm³/mol. The smallest absolute Gasteiger partial charge is 0.263 e. The first-order valence-corrected chi connectivity index (χ1v) is 9.27. The fraction of sp³-hybridized carbons (Fsp3) is 0.167. The second-order valence-electron chi connectivity index (χ2n) is 6.47. The Morgan fingerprint density at radius 1 is 1.10 bits per heavy atom. The molecular weight excluding hydrogens is 443 g/mol. The maximum Gasteiger partial charge on any atom is 0.263 e. The summed E-state index contributed by atoms with van der Waals surface area (Å²) in [5.41, 5.74) is -0.101. The van der Waals surface area contributed by atoms with Gasteiger partial charge in [-0.2, -0.15) is 5.11 Å². The molecule has 1 saturated heterocycles.